The van der Waals surface area contributed by atoms with Crippen molar-refractivity contribution in [2.45, 2.75) is 13.3 Å². The summed E-state index contributed by atoms with van der Waals surface area (Å²) in [6, 6.07) is 0. The monoisotopic (exact) mass is 240 g/mol. The molecule has 17 heavy (non-hydrogen) atoms. The number of halogens is 1. The first-order chi connectivity index (χ1) is 8.24. The molecule has 0 bridgehead atoms. The number of nitrogens with one attached hydrogen (secondary N) is 1. The molecule has 1 unspecified atom stereocenters. The lowest BCUT2D eigenvalue weighted by Crippen LogP contribution is -2.23. The Hall–Kier alpha value is -1.43. The maximum Gasteiger partial charge on any atom is 0.224 e. The van der Waals surface area contributed by atoms with Gasteiger partial charge in [-0.25, -0.2) is 9.37 Å². The second kappa shape index (κ2) is 5.27. The maximum absolute atomic E-state index is 13.6. The van der Waals surface area contributed by atoms with Gasteiger partial charge in [-0.15, -0.1) is 0 Å². The Morgan fingerprint density at radius 1 is 1.65 bits per heavy atom. The molecule has 1 atom stereocenters. The van der Waals surface area contributed by atoms with E-state index in [1.54, 1.807) is 0 Å². The van der Waals surface area contributed by atoms with Crippen LogP contribution in [-0.2, 0) is 0 Å². The lowest BCUT2D eigenvalue weighted by atomic mass is 10.1. The van der Waals surface area contributed by atoms with Crippen molar-refractivity contribution in [2.24, 2.45) is 5.92 Å². The molecule has 1 aliphatic rings. The van der Waals surface area contributed by atoms with Gasteiger partial charge in [-0.3, -0.25) is 0 Å². The number of aliphatic hydroxyl groups is 1. The second-order valence-corrected chi connectivity index (χ2v) is 4.18. The highest BCUT2D eigenvalue weighted by Crippen LogP contribution is 2.24. The van der Waals surface area contributed by atoms with E-state index in [4.69, 9.17) is 5.11 Å². The van der Waals surface area contributed by atoms with E-state index in [2.05, 4.69) is 15.3 Å². The number of aliphatic hydroxyl groups excluding tert-OH is 1. The van der Waals surface area contributed by atoms with Gasteiger partial charge >= 0.3 is 0 Å². The van der Waals surface area contributed by atoms with Crippen LogP contribution in [0.15, 0.2) is 6.20 Å². The SMILES string of the molecule is CCNc1ncc(F)c(N2CCC(CO)C2)n1. The Balaban J connectivity index is 2.16. The van der Waals surface area contributed by atoms with Crippen LogP contribution in [0.1, 0.15) is 13.3 Å². The number of nitrogens with zero attached hydrogens (tertiary/aromatic N) is 3. The Kier molecular flexibility index (Phi) is 3.73. The third-order valence-corrected chi connectivity index (χ3v) is 2.90. The lowest BCUT2D eigenvalue weighted by molar-refractivity contribution is 0.238. The summed E-state index contributed by atoms with van der Waals surface area (Å²) in [6.45, 7) is 4.15. The van der Waals surface area contributed by atoms with Gasteiger partial charge in [-0.05, 0) is 13.3 Å². The van der Waals surface area contributed by atoms with Gasteiger partial charge in [0.15, 0.2) is 11.6 Å². The maximum atomic E-state index is 13.6. The Bertz CT molecular complexity index is 388. The Morgan fingerprint density at radius 3 is 3.12 bits per heavy atom. The molecular formula is C11H17FN4O. The summed E-state index contributed by atoms with van der Waals surface area (Å²) in [5.74, 6) is 0.570. The molecule has 0 aromatic carbocycles. The third kappa shape index (κ3) is 2.63. The Labute approximate surface area is 99.7 Å². The fourth-order valence-electron chi connectivity index (χ4n) is 2.00. The van der Waals surface area contributed by atoms with Crippen LogP contribution in [0.25, 0.3) is 0 Å². The van der Waals surface area contributed by atoms with Gasteiger partial charge in [0.25, 0.3) is 0 Å². The largest absolute Gasteiger partial charge is 0.396 e. The molecule has 94 valence electrons. The average molecular weight is 240 g/mol. The second-order valence-electron chi connectivity index (χ2n) is 4.18. The number of anilines is 2. The predicted molar refractivity (Wildman–Crippen MR) is 63.6 cm³/mol. The van der Waals surface area contributed by atoms with Crippen molar-refractivity contribution in [3.8, 4) is 0 Å². The summed E-state index contributed by atoms with van der Waals surface area (Å²) < 4.78 is 13.6. The van der Waals surface area contributed by atoms with Gasteiger partial charge in [0.05, 0.1) is 6.20 Å². The number of hydrogen-bond acceptors (Lipinski definition) is 5. The first-order valence-electron chi connectivity index (χ1n) is 5.86. The molecule has 1 aromatic rings. The summed E-state index contributed by atoms with van der Waals surface area (Å²) in [7, 11) is 0. The van der Waals surface area contributed by atoms with Crippen LogP contribution in [0, 0.1) is 11.7 Å². The molecule has 1 aliphatic heterocycles. The van der Waals surface area contributed by atoms with E-state index in [1.165, 1.54) is 6.20 Å². The number of rotatable bonds is 4. The van der Waals surface area contributed by atoms with Crippen molar-refractivity contribution >= 4 is 11.8 Å². The molecule has 0 saturated carbocycles. The van der Waals surface area contributed by atoms with Crippen LogP contribution in [-0.4, -0.2) is 41.3 Å². The molecule has 0 amide bonds. The zero-order valence-electron chi connectivity index (χ0n) is 9.86. The topological polar surface area (TPSA) is 61.3 Å². The summed E-state index contributed by atoms with van der Waals surface area (Å²) in [5, 5.41) is 12.0. The molecule has 1 aromatic heterocycles. The van der Waals surface area contributed by atoms with Gasteiger partial charge in [0.1, 0.15) is 0 Å². The predicted octanol–water partition coefficient (Wildman–Crippen LogP) is 0.866. The smallest absolute Gasteiger partial charge is 0.224 e. The van der Waals surface area contributed by atoms with Crippen molar-refractivity contribution < 1.29 is 9.50 Å². The van der Waals surface area contributed by atoms with Crippen LogP contribution in [0.5, 0.6) is 0 Å². The highest BCUT2D eigenvalue weighted by molar-refractivity contribution is 5.44. The molecule has 2 N–H and O–H groups in total. The highest BCUT2D eigenvalue weighted by Gasteiger charge is 2.25. The minimum atomic E-state index is -0.412. The zero-order chi connectivity index (χ0) is 12.3. The van der Waals surface area contributed by atoms with E-state index in [9.17, 15) is 4.39 Å². The van der Waals surface area contributed by atoms with Gasteiger partial charge in [-0.2, -0.15) is 4.98 Å². The third-order valence-electron chi connectivity index (χ3n) is 2.90. The molecular weight excluding hydrogens is 223 g/mol. The molecule has 0 aliphatic carbocycles. The van der Waals surface area contributed by atoms with Crippen molar-refractivity contribution in [2.75, 3.05) is 36.5 Å². The molecule has 1 fully saturated rings. The number of aromatic nitrogens is 2. The summed E-state index contributed by atoms with van der Waals surface area (Å²) >= 11 is 0. The van der Waals surface area contributed by atoms with E-state index in [-0.39, 0.29) is 12.5 Å². The van der Waals surface area contributed by atoms with Crippen molar-refractivity contribution in [1.82, 2.24) is 9.97 Å². The Morgan fingerprint density at radius 2 is 2.47 bits per heavy atom. The van der Waals surface area contributed by atoms with E-state index in [0.29, 0.717) is 24.9 Å². The summed E-state index contributed by atoms with van der Waals surface area (Å²) in [5.41, 5.74) is 0. The molecule has 2 rings (SSSR count). The highest BCUT2D eigenvalue weighted by atomic mass is 19.1. The fraction of sp³-hybridized carbons (Fsp3) is 0.636. The molecule has 0 radical (unpaired) electrons. The molecule has 2 heterocycles. The van der Waals surface area contributed by atoms with Gasteiger partial charge in [0.2, 0.25) is 5.95 Å². The minimum absolute atomic E-state index is 0.142. The standard InChI is InChI=1S/C11H17FN4O/c1-2-13-11-14-5-9(12)10(15-11)16-4-3-8(6-16)7-17/h5,8,17H,2-4,6-7H2,1H3,(H,13,14,15). The lowest BCUT2D eigenvalue weighted by Gasteiger charge is -2.18. The average Bonchev–Trinajstić information content (AvgIpc) is 2.80. The first-order valence-corrected chi connectivity index (χ1v) is 5.86. The van der Waals surface area contributed by atoms with Gasteiger partial charge in [-0.1, -0.05) is 0 Å². The minimum Gasteiger partial charge on any atom is -0.396 e. The zero-order valence-corrected chi connectivity index (χ0v) is 9.86. The van der Waals surface area contributed by atoms with Crippen molar-refractivity contribution in [3.05, 3.63) is 12.0 Å². The quantitative estimate of drug-likeness (QED) is 0.817. The molecule has 5 nitrogen and oxygen atoms in total. The summed E-state index contributed by atoms with van der Waals surface area (Å²) in [4.78, 5) is 9.89. The number of hydrogen-bond donors (Lipinski definition) is 2. The van der Waals surface area contributed by atoms with Crippen molar-refractivity contribution in [1.29, 1.82) is 0 Å². The van der Waals surface area contributed by atoms with E-state index in [1.807, 2.05) is 11.8 Å². The van der Waals surface area contributed by atoms with Crippen LogP contribution in [0.3, 0.4) is 0 Å². The normalized spacial score (nSPS) is 19.7. The van der Waals surface area contributed by atoms with Crippen LogP contribution in [0.4, 0.5) is 16.2 Å². The molecule has 1 saturated heterocycles. The van der Waals surface area contributed by atoms with E-state index in [0.717, 1.165) is 13.0 Å². The van der Waals surface area contributed by atoms with Crippen molar-refractivity contribution in [3.63, 3.8) is 0 Å². The first kappa shape index (κ1) is 12.0. The fourth-order valence-corrected chi connectivity index (χ4v) is 2.00. The van der Waals surface area contributed by atoms with Crippen LogP contribution >= 0.6 is 0 Å². The van der Waals surface area contributed by atoms with E-state index < -0.39 is 5.82 Å². The molecule has 6 heteroatoms. The van der Waals surface area contributed by atoms with Gasteiger partial charge < -0.3 is 15.3 Å². The van der Waals surface area contributed by atoms with Crippen LogP contribution in [0.2, 0.25) is 0 Å². The summed E-state index contributed by atoms with van der Waals surface area (Å²) in [6.07, 6.45) is 2.06. The van der Waals surface area contributed by atoms with E-state index >= 15 is 0 Å². The van der Waals surface area contributed by atoms with Crippen LogP contribution < -0.4 is 10.2 Å². The van der Waals surface area contributed by atoms with Gasteiger partial charge in [0, 0.05) is 32.2 Å². The molecule has 0 spiro atoms.